The van der Waals surface area contributed by atoms with Gasteiger partial charge in [0.25, 0.3) is 10.0 Å². The Balaban J connectivity index is 2.26. The van der Waals surface area contributed by atoms with Crippen LogP contribution in [-0.4, -0.2) is 26.7 Å². The van der Waals surface area contributed by atoms with Gasteiger partial charge in [0, 0.05) is 0 Å². The van der Waals surface area contributed by atoms with E-state index in [1.165, 1.54) is 0 Å². The van der Waals surface area contributed by atoms with Gasteiger partial charge in [0.15, 0.2) is 0 Å². The molecule has 0 saturated heterocycles. The molecular formula is C15H17NO4S. The molecule has 0 unspecified atom stereocenters. The van der Waals surface area contributed by atoms with Crippen molar-refractivity contribution in [3.63, 3.8) is 0 Å². The lowest BCUT2D eigenvalue weighted by Crippen LogP contribution is -2.14. The number of aliphatic hydroxyl groups excluding tert-OH is 1. The van der Waals surface area contributed by atoms with E-state index in [2.05, 4.69) is 4.72 Å². The lowest BCUT2D eigenvalue weighted by atomic mass is 10.2. The maximum absolute atomic E-state index is 12.3. The van der Waals surface area contributed by atoms with Crippen LogP contribution in [0.4, 0.5) is 5.69 Å². The molecule has 0 atom stereocenters. The molecule has 0 aliphatic rings. The summed E-state index contributed by atoms with van der Waals surface area (Å²) in [5, 5.41) is 8.79. The molecule has 0 radical (unpaired) electrons. The van der Waals surface area contributed by atoms with Crippen LogP contribution in [0.15, 0.2) is 53.4 Å². The molecule has 0 bridgehead atoms. The molecule has 6 heteroatoms. The maximum atomic E-state index is 12.3. The number of nitrogens with one attached hydrogen (secondary N) is 1. The number of aryl methyl sites for hydroxylation is 1. The predicted octanol–water partition coefficient (Wildman–Crippen LogP) is 2.17. The van der Waals surface area contributed by atoms with Gasteiger partial charge >= 0.3 is 0 Å². The SMILES string of the molecule is Cc1ccc(S(=O)(=O)Nc2ccccc2OCCO)cc1. The summed E-state index contributed by atoms with van der Waals surface area (Å²) in [7, 11) is -3.67. The van der Waals surface area contributed by atoms with Gasteiger partial charge in [-0.15, -0.1) is 0 Å². The number of anilines is 1. The molecule has 112 valence electrons. The van der Waals surface area contributed by atoms with Crippen molar-refractivity contribution in [2.45, 2.75) is 11.8 Å². The molecule has 0 aliphatic heterocycles. The summed E-state index contributed by atoms with van der Waals surface area (Å²) in [6.07, 6.45) is 0. The standard InChI is InChI=1S/C15H17NO4S/c1-12-6-8-13(9-7-12)21(18,19)16-14-4-2-3-5-15(14)20-11-10-17/h2-9,16-17H,10-11H2,1H3. The molecule has 2 aromatic rings. The van der Waals surface area contributed by atoms with Crippen molar-refractivity contribution in [3.8, 4) is 5.75 Å². The van der Waals surface area contributed by atoms with E-state index in [1.807, 2.05) is 6.92 Å². The van der Waals surface area contributed by atoms with Gasteiger partial charge in [0.2, 0.25) is 0 Å². The zero-order valence-electron chi connectivity index (χ0n) is 11.6. The van der Waals surface area contributed by atoms with Crippen molar-refractivity contribution in [1.82, 2.24) is 0 Å². The summed E-state index contributed by atoms with van der Waals surface area (Å²) in [5.41, 5.74) is 1.33. The van der Waals surface area contributed by atoms with Gasteiger partial charge in [-0.1, -0.05) is 29.8 Å². The highest BCUT2D eigenvalue weighted by molar-refractivity contribution is 7.92. The van der Waals surface area contributed by atoms with Crippen molar-refractivity contribution in [3.05, 3.63) is 54.1 Å². The molecule has 0 fully saturated rings. The molecule has 0 saturated carbocycles. The van der Waals surface area contributed by atoms with E-state index in [-0.39, 0.29) is 18.1 Å². The second kappa shape index (κ2) is 6.60. The lowest BCUT2D eigenvalue weighted by molar-refractivity contribution is 0.202. The van der Waals surface area contributed by atoms with Crippen LogP contribution in [-0.2, 0) is 10.0 Å². The van der Waals surface area contributed by atoms with Crippen molar-refractivity contribution in [2.24, 2.45) is 0 Å². The second-order valence-electron chi connectivity index (χ2n) is 4.49. The average Bonchev–Trinajstić information content (AvgIpc) is 2.46. The van der Waals surface area contributed by atoms with E-state index in [1.54, 1.807) is 48.5 Å². The second-order valence-corrected chi connectivity index (χ2v) is 6.17. The number of rotatable bonds is 6. The van der Waals surface area contributed by atoms with Gasteiger partial charge < -0.3 is 9.84 Å². The van der Waals surface area contributed by atoms with Crippen molar-refractivity contribution >= 4 is 15.7 Å². The summed E-state index contributed by atoms with van der Waals surface area (Å²) in [6.45, 7) is 1.85. The molecule has 2 aromatic carbocycles. The number of hydrogen-bond acceptors (Lipinski definition) is 4. The summed E-state index contributed by atoms with van der Waals surface area (Å²) in [4.78, 5) is 0.185. The van der Waals surface area contributed by atoms with Crippen LogP contribution in [0.1, 0.15) is 5.56 Å². The van der Waals surface area contributed by atoms with Crippen LogP contribution in [0, 0.1) is 6.92 Å². The Morgan fingerprint density at radius 3 is 2.43 bits per heavy atom. The fourth-order valence-corrected chi connectivity index (χ4v) is 2.82. The Labute approximate surface area is 124 Å². The molecule has 0 heterocycles. The Bertz CT molecular complexity index is 696. The Morgan fingerprint density at radius 1 is 1.10 bits per heavy atom. The molecular weight excluding hydrogens is 290 g/mol. The van der Waals surface area contributed by atoms with Crippen LogP contribution in [0.3, 0.4) is 0 Å². The third kappa shape index (κ3) is 3.96. The van der Waals surface area contributed by atoms with E-state index >= 15 is 0 Å². The lowest BCUT2D eigenvalue weighted by Gasteiger charge is -2.13. The topological polar surface area (TPSA) is 75.6 Å². The first-order chi connectivity index (χ1) is 10.0. The minimum atomic E-state index is -3.67. The van der Waals surface area contributed by atoms with Gasteiger partial charge in [-0.3, -0.25) is 4.72 Å². The van der Waals surface area contributed by atoms with Crippen molar-refractivity contribution < 1.29 is 18.3 Å². The molecule has 5 nitrogen and oxygen atoms in total. The van der Waals surface area contributed by atoms with Crippen LogP contribution < -0.4 is 9.46 Å². The van der Waals surface area contributed by atoms with E-state index in [0.717, 1.165) is 5.56 Å². The van der Waals surface area contributed by atoms with Crippen LogP contribution in [0.2, 0.25) is 0 Å². The summed E-state index contributed by atoms with van der Waals surface area (Å²) in [5.74, 6) is 0.377. The van der Waals surface area contributed by atoms with Crippen LogP contribution >= 0.6 is 0 Å². The molecule has 0 amide bonds. The van der Waals surface area contributed by atoms with Crippen LogP contribution in [0.25, 0.3) is 0 Å². The molecule has 0 aromatic heterocycles. The molecule has 2 rings (SSSR count). The highest BCUT2D eigenvalue weighted by Gasteiger charge is 2.16. The number of sulfonamides is 1. The Morgan fingerprint density at radius 2 is 1.76 bits per heavy atom. The zero-order valence-corrected chi connectivity index (χ0v) is 12.4. The monoisotopic (exact) mass is 307 g/mol. The maximum Gasteiger partial charge on any atom is 0.262 e. The van der Waals surface area contributed by atoms with E-state index in [9.17, 15) is 8.42 Å². The fourth-order valence-electron chi connectivity index (χ4n) is 1.75. The number of benzene rings is 2. The molecule has 0 aliphatic carbocycles. The number of para-hydroxylation sites is 2. The number of ether oxygens (including phenoxy) is 1. The van der Waals surface area contributed by atoms with Crippen LogP contribution in [0.5, 0.6) is 5.75 Å². The van der Waals surface area contributed by atoms with E-state index in [0.29, 0.717) is 11.4 Å². The normalized spacial score (nSPS) is 11.1. The number of aliphatic hydroxyl groups is 1. The minimum absolute atomic E-state index is 0.100. The minimum Gasteiger partial charge on any atom is -0.489 e. The van der Waals surface area contributed by atoms with Crippen molar-refractivity contribution in [1.29, 1.82) is 0 Å². The first-order valence-corrected chi connectivity index (χ1v) is 7.93. The highest BCUT2D eigenvalue weighted by atomic mass is 32.2. The molecule has 21 heavy (non-hydrogen) atoms. The summed E-state index contributed by atoms with van der Waals surface area (Å²) in [6, 6.07) is 13.3. The van der Waals surface area contributed by atoms with Gasteiger partial charge in [0.1, 0.15) is 12.4 Å². The van der Waals surface area contributed by atoms with Gasteiger partial charge in [-0.25, -0.2) is 8.42 Å². The predicted molar refractivity (Wildman–Crippen MR) is 81.0 cm³/mol. The zero-order chi connectivity index (χ0) is 15.3. The molecule has 0 spiro atoms. The Kier molecular flexibility index (Phi) is 4.82. The third-order valence-electron chi connectivity index (χ3n) is 2.81. The van der Waals surface area contributed by atoms with E-state index in [4.69, 9.17) is 9.84 Å². The van der Waals surface area contributed by atoms with Gasteiger partial charge in [-0.2, -0.15) is 0 Å². The molecule has 2 N–H and O–H groups in total. The average molecular weight is 307 g/mol. The number of hydrogen-bond donors (Lipinski definition) is 2. The summed E-state index contributed by atoms with van der Waals surface area (Å²) < 4.78 is 32.5. The highest BCUT2D eigenvalue weighted by Crippen LogP contribution is 2.26. The van der Waals surface area contributed by atoms with Gasteiger partial charge in [0.05, 0.1) is 17.2 Å². The first kappa shape index (κ1) is 15.3. The smallest absolute Gasteiger partial charge is 0.262 e. The summed E-state index contributed by atoms with van der Waals surface area (Å²) >= 11 is 0. The quantitative estimate of drug-likeness (QED) is 0.857. The third-order valence-corrected chi connectivity index (χ3v) is 4.19. The van der Waals surface area contributed by atoms with E-state index < -0.39 is 10.0 Å². The largest absolute Gasteiger partial charge is 0.489 e. The first-order valence-electron chi connectivity index (χ1n) is 6.45. The van der Waals surface area contributed by atoms with Crippen molar-refractivity contribution in [2.75, 3.05) is 17.9 Å². The fraction of sp³-hybridized carbons (Fsp3) is 0.200. The Hall–Kier alpha value is -2.05. The van der Waals surface area contributed by atoms with Gasteiger partial charge in [-0.05, 0) is 31.2 Å².